The fourth-order valence-electron chi connectivity index (χ4n) is 3.38. The Hall–Kier alpha value is -4.19. The van der Waals surface area contributed by atoms with Crippen LogP contribution in [-0.2, 0) is 11.2 Å². The second-order valence-corrected chi connectivity index (χ2v) is 7.46. The Bertz CT molecular complexity index is 1280. The highest BCUT2D eigenvalue weighted by molar-refractivity contribution is 6.03. The number of carbonyl (C=O) groups is 2. The molecule has 0 bridgehead atoms. The zero-order valence-corrected chi connectivity index (χ0v) is 17.9. The summed E-state index contributed by atoms with van der Waals surface area (Å²) in [5.41, 5.74) is 3.16. The van der Waals surface area contributed by atoms with E-state index in [0.29, 0.717) is 17.9 Å². The Morgan fingerprint density at radius 3 is 2.50 bits per heavy atom. The first kappa shape index (κ1) is 21.1. The maximum Gasteiger partial charge on any atom is 0.269 e. The molecule has 0 unspecified atom stereocenters. The van der Waals surface area contributed by atoms with E-state index < -0.39 is 0 Å². The van der Waals surface area contributed by atoms with Crippen molar-refractivity contribution in [2.24, 2.45) is 0 Å². The lowest BCUT2D eigenvalue weighted by atomic mass is 10.1. The predicted molar refractivity (Wildman–Crippen MR) is 125 cm³/mol. The monoisotopic (exact) mass is 425 g/mol. The molecule has 0 fully saturated rings. The summed E-state index contributed by atoms with van der Waals surface area (Å²) in [5.74, 6) is 0.787. The largest absolute Gasteiger partial charge is 0.457 e. The average molecular weight is 425 g/mol. The van der Waals surface area contributed by atoms with E-state index in [1.165, 1.54) is 6.20 Å². The van der Waals surface area contributed by atoms with Crippen LogP contribution in [0.2, 0.25) is 0 Å². The summed E-state index contributed by atoms with van der Waals surface area (Å²) in [6.07, 6.45) is 1.84. The van der Waals surface area contributed by atoms with Crippen molar-refractivity contribution in [3.63, 3.8) is 0 Å². The number of rotatable bonds is 6. The van der Waals surface area contributed by atoms with Gasteiger partial charge in [0, 0.05) is 30.4 Å². The molecule has 1 heterocycles. The van der Waals surface area contributed by atoms with Gasteiger partial charge in [0.1, 0.15) is 17.2 Å². The van der Waals surface area contributed by atoms with E-state index >= 15 is 0 Å². The molecule has 6 heteroatoms. The van der Waals surface area contributed by atoms with Gasteiger partial charge in [-0.25, -0.2) is 0 Å². The molecule has 4 rings (SSSR count). The number of fused-ring (bicyclic) bond motifs is 1. The van der Waals surface area contributed by atoms with E-state index in [2.05, 4.69) is 15.6 Å². The highest BCUT2D eigenvalue weighted by atomic mass is 16.5. The van der Waals surface area contributed by atoms with Crippen LogP contribution in [0.3, 0.4) is 0 Å². The van der Waals surface area contributed by atoms with Crippen molar-refractivity contribution < 1.29 is 14.3 Å². The van der Waals surface area contributed by atoms with Gasteiger partial charge in [-0.2, -0.15) is 0 Å². The van der Waals surface area contributed by atoms with Gasteiger partial charge in [-0.05, 0) is 48.2 Å². The number of hydrogen-bond donors (Lipinski definition) is 2. The van der Waals surface area contributed by atoms with E-state index in [0.717, 1.165) is 27.6 Å². The van der Waals surface area contributed by atoms with Gasteiger partial charge in [-0.15, -0.1) is 0 Å². The second-order valence-electron chi connectivity index (χ2n) is 7.46. The Balaban J connectivity index is 1.51. The van der Waals surface area contributed by atoms with Crippen LogP contribution in [0.4, 0.5) is 5.69 Å². The highest BCUT2D eigenvalue weighted by Gasteiger charge is 2.10. The van der Waals surface area contributed by atoms with Crippen LogP contribution in [0, 0.1) is 6.92 Å². The SMILES string of the molecule is CNC(=O)c1cc(Oc2ccc3c(NC(=O)Cc4ccc(C)cc4)cccc3c2)ccn1. The van der Waals surface area contributed by atoms with Crippen LogP contribution in [0.25, 0.3) is 10.8 Å². The number of hydrogen-bond acceptors (Lipinski definition) is 4. The van der Waals surface area contributed by atoms with E-state index in [1.807, 2.05) is 67.6 Å². The smallest absolute Gasteiger partial charge is 0.269 e. The summed E-state index contributed by atoms with van der Waals surface area (Å²) in [6.45, 7) is 2.02. The van der Waals surface area contributed by atoms with E-state index in [-0.39, 0.29) is 17.5 Å². The van der Waals surface area contributed by atoms with Gasteiger partial charge < -0.3 is 15.4 Å². The molecule has 0 saturated carbocycles. The van der Waals surface area contributed by atoms with Crippen molar-refractivity contribution >= 4 is 28.3 Å². The zero-order chi connectivity index (χ0) is 22.5. The molecule has 0 saturated heterocycles. The Morgan fingerprint density at radius 2 is 1.72 bits per heavy atom. The van der Waals surface area contributed by atoms with Gasteiger partial charge in [-0.3, -0.25) is 14.6 Å². The topological polar surface area (TPSA) is 80.3 Å². The van der Waals surface area contributed by atoms with Crippen molar-refractivity contribution in [2.75, 3.05) is 12.4 Å². The van der Waals surface area contributed by atoms with Crippen molar-refractivity contribution in [1.29, 1.82) is 0 Å². The summed E-state index contributed by atoms with van der Waals surface area (Å²) in [5, 5.41) is 7.40. The second kappa shape index (κ2) is 9.31. The maximum absolute atomic E-state index is 12.6. The van der Waals surface area contributed by atoms with Gasteiger partial charge in [0.2, 0.25) is 5.91 Å². The lowest BCUT2D eigenvalue weighted by molar-refractivity contribution is -0.115. The first-order valence-corrected chi connectivity index (χ1v) is 10.3. The highest BCUT2D eigenvalue weighted by Crippen LogP contribution is 2.30. The molecule has 3 aromatic carbocycles. The molecule has 2 N–H and O–H groups in total. The van der Waals surface area contributed by atoms with E-state index in [9.17, 15) is 9.59 Å². The normalized spacial score (nSPS) is 10.6. The van der Waals surface area contributed by atoms with Crippen molar-refractivity contribution in [2.45, 2.75) is 13.3 Å². The van der Waals surface area contributed by atoms with Gasteiger partial charge in [-0.1, -0.05) is 42.0 Å². The first-order chi connectivity index (χ1) is 15.5. The van der Waals surface area contributed by atoms with Gasteiger partial charge in [0.25, 0.3) is 5.91 Å². The summed E-state index contributed by atoms with van der Waals surface area (Å²) < 4.78 is 5.92. The van der Waals surface area contributed by atoms with Gasteiger partial charge >= 0.3 is 0 Å². The first-order valence-electron chi connectivity index (χ1n) is 10.3. The number of carbonyl (C=O) groups excluding carboxylic acids is 2. The van der Waals surface area contributed by atoms with Crippen LogP contribution < -0.4 is 15.4 Å². The van der Waals surface area contributed by atoms with Crippen LogP contribution in [-0.4, -0.2) is 23.8 Å². The molecular formula is C26H23N3O3. The minimum absolute atomic E-state index is 0.0693. The molecule has 32 heavy (non-hydrogen) atoms. The fourth-order valence-corrected chi connectivity index (χ4v) is 3.38. The number of amides is 2. The van der Waals surface area contributed by atoms with Crippen molar-refractivity contribution in [1.82, 2.24) is 10.3 Å². The fraction of sp³-hybridized carbons (Fsp3) is 0.115. The molecular weight excluding hydrogens is 402 g/mol. The maximum atomic E-state index is 12.6. The van der Waals surface area contributed by atoms with Gasteiger partial charge in [0.05, 0.1) is 6.42 Å². The number of pyridine rings is 1. The van der Waals surface area contributed by atoms with E-state index in [4.69, 9.17) is 4.74 Å². The number of aryl methyl sites for hydroxylation is 1. The molecule has 160 valence electrons. The van der Waals surface area contributed by atoms with Crippen molar-refractivity contribution in [3.8, 4) is 11.5 Å². The minimum atomic E-state index is -0.278. The number of ether oxygens (including phenoxy) is 1. The number of nitrogens with one attached hydrogen (secondary N) is 2. The lowest BCUT2D eigenvalue weighted by Crippen LogP contribution is -2.18. The Labute approximate surface area is 186 Å². The average Bonchev–Trinajstić information content (AvgIpc) is 2.80. The molecule has 6 nitrogen and oxygen atoms in total. The molecule has 0 aliphatic rings. The third kappa shape index (κ3) is 4.92. The molecule has 0 aliphatic heterocycles. The minimum Gasteiger partial charge on any atom is -0.457 e. The van der Waals surface area contributed by atoms with E-state index in [1.54, 1.807) is 19.2 Å². The number of nitrogens with zero attached hydrogens (tertiary/aromatic N) is 1. The molecule has 4 aromatic rings. The molecule has 2 amide bonds. The summed E-state index contributed by atoms with van der Waals surface area (Å²) in [6, 6.07) is 22.6. The Morgan fingerprint density at radius 1 is 0.938 bits per heavy atom. The molecule has 0 radical (unpaired) electrons. The quantitative estimate of drug-likeness (QED) is 0.462. The summed E-state index contributed by atoms with van der Waals surface area (Å²) in [7, 11) is 1.55. The van der Waals surface area contributed by atoms with Crippen LogP contribution in [0.15, 0.2) is 79.0 Å². The molecule has 0 atom stereocenters. The van der Waals surface area contributed by atoms with Crippen LogP contribution in [0.5, 0.6) is 11.5 Å². The Kier molecular flexibility index (Phi) is 6.12. The standard InChI is InChI=1S/C26H23N3O3/c1-17-6-8-18(9-7-17)14-25(30)29-23-5-3-4-19-15-20(10-11-22(19)23)32-21-12-13-28-24(16-21)26(31)27-2/h3-13,15-16H,14H2,1-2H3,(H,27,31)(H,29,30). The van der Waals surface area contributed by atoms with Crippen molar-refractivity contribution in [3.05, 3.63) is 95.8 Å². The third-order valence-corrected chi connectivity index (χ3v) is 5.04. The number of benzene rings is 3. The zero-order valence-electron chi connectivity index (χ0n) is 17.9. The molecule has 0 spiro atoms. The van der Waals surface area contributed by atoms with Crippen LogP contribution >= 0.6 is 0 Å². The van der Waals surface area contributed by atoms with Crippen LogP contribution in [0.1, 0.15) is 21.6 Å². The third-order valence-electron chi connectivity index (χ3n) is 5.04. The molecule has 0 aliphatic carbocycles. The molecule has 1 aromatic heterocycles. The summed E-state index contributed by atoms with van der Waals surface area (Å²) >= 11 is 0. The number of anilines is 1. The van der Waals surface area contributed by atoms with Gasteiger partial charge in [0.15, 0.2) is 0 Å². The number of aromatic nitrogens is 1. The summed E-state index contributed by atoms with van der Waals surface area (Å²) in [4.78, 5) is 28.4. The predicted octanol–water partition coefficient (Wildman–Crippen LogP) is 4.88. The lowest BCUT2D eigenvalue weighted by Gasteiger charge is -2.11.